The lowest BCUT2D eigenvalue weighted by Gasteiger charge is -2.44. The Balaban J connectivity index is 2.53. The monoisotopic (exact) mass is 226 g/mol. The second kappa shape index (κ2) is 5.08. The van der Waals surface area contributed by atoms with Crippen LogP contribution in [0.15, 0.2) is 0 Å². The second-order valence-electron chi connectivity index (χ2n) is 6.93. The van der Waals surface area contributed by atoms with Crippen molar-refractivity contribution >= 4 is 0 Å². The Labute approximate surface area is 102 Å². The number of hydrogen-bond donors (Lipinski definition) is 1. The third-order valence-corrected chi connectivity index (χ3v) is 4.72. The fraction of sp³-hybridized carbons (Fsp3) is 1.00. The molecule has 1 aliphatic carbocycles. The molecule has 0 heterocycles. The third-order valence-electron chi connectivity index (χ3n) is 4.72. The van der Waals surface area contributed by atoms with Crippen molar-refractivity contribution in [3.63, 3.8) is 0 Å². The summed E-state index contributed by atoms with van der Waals surface area (Å²) in [4.78, 5) is 0. The minimum atomic E-state index is -0.363. The minimum Gasteiger partial charge on any atom is -0.390 e. The van der Waals surface area contributed by atoms with Crippen molar-refractivity contribution in [2.45, 2.75) is 78.7 Å². The molecule has 0 spiro atoms. The molecule has 1 unspecified atom stereocenters. The van der Waals surface area contributed by atoms with Crippen LogP contribution in [0.1, 0.15) is 73.1 Å². The Morgan fingerprint density at radius 2 is 1.75 bits per heavy atom. The fourth-order valence-electron chi connectivity index (χ4n) is 3.18. The molecule has 0 aromatic carbocycles. The summed E-state index contributed by atoms with van der Waals surface area (Å²) < 4.78 is 0. The standard InChI is InChI=1S/C15H30O/c1-6-7-12(2)15(16)10-8-13(9-11-15)14(3,4)5/h12-13,16H,6-11H2,1-5H3. The van der Waals surface area contributed by atoms with Crippen molar-refractivity contribution in [2.75, 3.05) is 0 Å². The van der Waals surface area contributed by atoms with Crippen molar-refractivity contribution in [3.8, 4) is 0 Å². The molecule has 1 fully saturated rings. The third kappa shape index (κ3) is 3.23. The van der Waals surface area contributed by atoms with Gasteiger partial charge in [-0.25, -0.2) is 0 Å². The van der Waals surface area contributed by atoms with Gasteiger partial charge >= 0.3 is 0 Å². The molecule has 16 heavy (non-hydrogen) atoms. The van der Waals surface area contributed by atoms with Crippen molar-refractivity contribution in [1.82, 2.24) is 0 Å². The summed E-state index contributed by atoms with van der Waals surface area (Å²) in [5, 5.41) is 10.7. The van der Waals surface area contributed by atoms with E-state index >= 15 is 0 Å². The first kappa shape index (κ1) is 14.0. The van der Waals surface area contributed by atoms with Crippen molar-refractivity contribution in [2.24, 2.45) is 17.3 Å². The second-order valence-corrected chi connectivity index (χ2v) is 6.93. The molecule has 0 aliphatic heterocycles. The molecular weight excluding hydrogens is 196 g/mol. The first-order valence-electron chi connectivity index (χ1n) is 7.02. The van der Waals surface area contributed by atoms with Gasteiger partial charge in [0.05, 0.1) is 5.60 Å². The van der Waals surface area contributed by atoms with Gasteiger partial charge < -0.3 is 5.11 Å². The van der Waals surface area contributed by atoms with Gasteiger partial charge in [0, 0.05) is 0 Å². The zero-order valence-corrected chi connectivity index (χ0v) is 11.8. The van der Waals surface area contributed by atoms with E-state index in [4.69, 9.17) is 0 Å². The summed E-state index contributed by atoms with van der Waals surface area (Å²) in [6.45, 7) is 11.4. The van der Waals surface area contributed by atoms with Gasteiger partial charge in [-0.3, -0.25) is 0 Å². The molecule has 0 saturated heterocycles. The molecule has 0 bridgehead atoms. The Morgan fingerprint density at radius 3 is 2.12 bits per heavy atom. The van der Waals surface area contributed by atoms with Crippen LogP contribution in [0, 0.1) is 17.3 Å². The highest BCUT2D eigenvalue weighted by molar-refractivity contribution is 4.91. The zero-order chi connectivity index (χ0) is 12.4. The molecule has 1 heteroatoms. The lowest BCUT2D eigenvalue weighted by Crippen LogP contribution is -2.42. The molecular formula is C15H30O. The van der Waals surface area contributed by atoms with E-state index in [1.54, 1.807) is 0 Å². The Kier molecular flexibility index (Phi) is 4.45. The highest BCUT2D eigenvalue weighted by Crippen LogP contribution is 2.44. The molecule has 1 atom stereocenters. The van der Waals surface area contributed by atoms with Crippen molar-refractivity contribution in [1.29, 1.82) is 0 Å². The van der Waals surface area contributed by atoms with Gasteiger partial charge in [0.1, 0.15) is 0 Å². The molecule has 0 aromatic heterocycles. The first-order chi connectivity index (χ1) is 7.29. The van der Waals surface area contributed by atoms with Crippen LogP contribution in [0.4, 0.5) is 0 Å². The van der Waals surface area contributed by atoms with E-state index < -0.39 is 0 Å². The van der Waals surface area contributed by atoms with Gasteiger partial charge in [-0.2, -0.15) is 0 Å². The normalized spacial score (nSPS) is 33.8. The summed E-state index contributed by atoms with van der Waals surface area (Å²) in [5.41, 5.74) is 0.0487. The molecule has 0 radical (unpaired) electrons. The lowest BCUT2D eigenvalue weighted by atomic mass is 9.65. The zero-order valence-electron chi connectivity index (χ0n) is 11.8. The van der Waals surface area contributed by atoms with E-state index in [1.165, 1.54) is 19.3 Å². The first-order valence-corrected chi connectivity index (χ1v) is 7.02. The molecule has 0 aromatic rings. The molecule has 1 N–H and O–H groups in total. The van der Waals surface area contributed by atoms with E-state index in [0.717, 1.165) is 25.2 Å². The van der Waals surface area contributed by atoms with E-state index in [1.807, 2.05) is 0 Å². The fourth-order valence-corrected chi connectivity index (χ4v) is 3.18. The van der Waals surface area contributed by atoms with Gasteiger partial charge in [0.25, 0.3) is 0 Å². The summed E-state index contributed by atoms with van der Waals surface area (Å²) in [5.74, 6) is 1.26. The van der Waals surface area contributed by atoms with Gasteiger partial charge in [-0.05, 0) is 49.4 Å². The van der Waals surface area contributed by atoms with E-state index in [2.05, 4.69) is 34.6 Å². The summed E-state index contributed by atoms with van der Waals surface area (Å²) in [7, 11) is 0. The molecule has 1 rings (SSSR count). The van der Waals surface area contributed by atoms with Gasteiger partial charge in [-0.1, -0.05) is 41.0 Å². The summed E-state index contributed by atoms with van der Waals surface area (Å²) in [6.07, 6.45) is 6.77. The predicted molar refractivity (Wildman–Crippen MR) is 70.4 cm³/mol. The Bertz CT molecular complexity index is 206. The highest BCUT2D eigenvalue weighted by Gasteiger charge is 2.40. The molecule has 1 aliphatic rings. The quantitative estimate of drug-likeness (QED) is 0.756. The average molecular weight is 226 g/mol. The van der Waals surface area contributed by atoms with Gasteiger partial charge in [0.2, 0.25) is 0 Å². The van der Waals surface area contributed by atoms with Crippen molar-refractivity contribution in [3.05, 3.63) is 0 Å². The van der Waals surface area contributed by atoms with Crippen LogP contribution in [0.3, 0.4) is 0 Å². The summed E-state index contributed by atoms with van der Waals surface area (Å²) in [6, 6.07) is 0. The van der Waals surface area contributed by atoms with E-state index in [9.17, 15) is 5.11 Å². The predicted octanol–water partition coefficient (Wildman–Crippen LogP) is 4.39. The van der Waals surface area contributed by atoms with E-state index in [-0.39, 0.29) is 5.60 Å². The SMILES string of the molecule is CCCC(C)C1(O)CCC(C(C)(C)C)CC1. The van der Waals surface area contributed by atoms with Crippen LogP contribution in [-0.4, -0.2) is 10.7 Å². The van der Waals surface area contributed by atoms with Crippen LogP contribution >= 0.6 is 0 Å². The Morgan fingerprint density at radius 1 is 1.25 bits per heavy atom. The Hall–Kier alpha value is -0.0400. The number of aliphatic hydroxyl groups is 1. The van der Waals surface area contributed by atoms with Gasteiger partial charge in [0.15, 0.2) is 0 Å². The average Bonchev–Trinajstić information content (AvgIpc) is 2.17. The summed E-state index contributed by atoms with van der Waals surface area (Å²) >= 11 is 0. The minimum absolute atomic E-state index is 0.363. The molecule has 1 saturated carbocycles. The van der Waals surface area contributed by atoms with Crippen LogP contribution in [0.25, 0.3) is 0 Å². The maximum absolute atomic E-state index is 10.7. The van der Waals surface area contributed by atoms with Crippen LogP contribution in [-0.2, 0) is 0 Å². The molecule has 1 nitrogen and oxygen atoms in total. The smallest absolute Gasteiger partial charge is 0.0673 e. The maximum Gasteiger partial charge on any atom is 0.0673 e. The van der Waals surface area contributed by atoms with Crippen LogP contribution in [0.5, 0.6) is 0 Å². The number of hydrogen-bond acceptors (Lipinski definition) is 1. The van der Waals surface area contributed by atoms with E-state index in [0.29, 0.717) is 11.3 Å². The van der Waals surface area contributed by atoms with Crippen LogP contribution in [0.2, 0.25) is 0 Å². The maximum atomic E-state index is 10.7. The molecule has 0 amide bonds. The highest BCUT2D eigenvalue weighted by atomic mass is 16.3. The lowest BCUT2D eigenvalue weighted by molar-refractivity contribution is -0.0670. The van der Waals surface area contributed by atoms with Crippen LogP contribution < -0.4 is 0 Å². The van der Waals surface area contributed by atoms with Crippen molar-refractivity contribution < 1.29 is 5.11 Å². The number of rotatable bonds is 3. The largest absolute Gasteiger partial charge is 0.390 e. The topological polar surface area (TPSA) is 20.2 Å². The molecule has 96 valence electrons. The van der Waals surface area contributed by atoms with Gasteiger partial charge in [-0.15, -0.1) is 0 Å².